The molecule has 96 valence electrons. The largest absolute Gasteiger partial charge is 0.479 e. The first-order chi connectivity index (χ1) is 8.43. The Morgan fingerprint density at radius 1 is 1.17 bits per heavy atom. The molecule has 0 saturated carbocycles. The zero-order chi connectivity index (χ0) is 13.7. The molecule has 0 radical (unpaired) electrons. The Morgan fingerprint density at radius 3 is 2.17 bits per heavy atom. The average Bonchev–Trinajstić information content (AvgIpc) is 2.35. The van der Waals surface area contributed by atoms with Crippen molar-refractivity contribution in [2.24, 2.45) is 0 Å². The van der Waals surface area contributed by atoms with Crippen LogP contribution in [0.15, 0.2) is 30.3 Å². The highest BCUT2D eigenvalue weighted by atomic mass is 16.4. The van der Waals surface area contributed by atoms with Crippen LogP contribution in [0.5, 0.6) is 0 Å². The van der Waals surface area contributed by atoms with E-state index in [0.717, 1.165) is 6.92 Å². The Morgan fingerprint density at radius 2 is 1.72 bits per heavy atom. The van der Waals surface area contributed by atoms with Crippen molar-refractivity contribution >= 4 is 17.7 Å². The number of aliphatic hydroxyl groups excluding tert-OH is 1. The van der Waals surface area contributed by atoms with Gasteiger partial charge in [-0.2, -0.15) is 0 Å². The Bertz CT molecular complexity index is 457. The summed E-state index contributed by atoms with van der Waals surface area (Å²) < 4.78 is 0. The molecule has 1 amide bonds. The van der Waals surface area contributed by atoms with Crippen molar-refractivity contribution in [2.45, 2.75) is 19.1 Å². The monoisotopic (exact) mass is 251 g/mol. The van der Waals surface area contributed by atoms with Crippen LogP contribution in [0, 0.1) is 0 Å². The van der Waals surface area contributed by atoms with Crippen LogP contribution in [0.3, 0.4) is 0 Å². The lowest BCUT2D eigenvalue weighted by molar-refractivity contribution is -0.147. The number of nitrogens with one attached hydrogen (secondary N) is 1. The molecule has 6 heteroatoms. The summed E-state index contributed by atoms with van der Waals surface area (Å²) in [6.45, 7) is 1.14. The minimum Gasteiger partial charge on any atom is -0.479 e. The summed E-state index contributed by atoms with van der Waals surface area (Å²) in [4.78, 5) is 33.6. The van der Waals surface area contributed by atoms with E-state index in [2.05, 4.69) is 5.32 Å². The van der Waals surface area contributed by atoms with Crippen LogP contribution < -0.4 is 5.32 Å². The van der Waals surface area contributed by atoms with Crippen molar-refractivity contribution in [3.05, 3.63) is 35.9 Å². The second-order valence-corrected chi connectivity index (χ2v) is 3.69. The van der Waals surface area contributed by atoms with E-state index >= 15 is 0 Å². The summed E-state index contributed by atoms with van der Waals surface area (Å²) in [6, 6.07) is 6.36. The maximum atomic E-state index is 12.0. The van der Waals surface area contributed by atoms with Crippen molar-refractivity contribution in [3.8, 4) is 0 Å². The fourth-order valence-corrected chi connectivity index (χ4v) is 1.43. The molecule has 18 heavy (non-hydrogen) atoms. The number of Topliss-reactive ketones (excluding diaryl/α,β-unsaturated/α-hetero) is 1. The van der Waals surface area contributed by atoms with E-state index in [9.17, 15) is 19.5 Å². The van der Waals surface area contributed by atoms with Crippen LogP contribution in [0.4, 0.5) is 0 Å². The number of carboxylic acid groups (broad SMARTS) is 1. The van der Waals surface area contributed by atoms with Gasteiger partial charge in [-0.25, -0.2) is 4.79 Å². The first kappa shape index (κ1) is 13.9. The number of ketones is 1. The van der Waals surface area contributed by atoms with Crippen molar-refractivity contribution in [3.63, 3.8) is 0 Å². The Kier molecular flexibility index (Phi) is 4.56. The lowest BCUT2D eigenvalue weighted by Gasteiger charge is -2.19. The van der Waals surface area contributed by atoms with Gasteiger partial charge >= 0.3 is 5.97 Å². The lowest BCUT2D eigenvalue weighted by atomic mass is 9.99. The molecule has 0 bridgehead atoms. The fourth-order valence-electron chi connectivity index (χ4n) is 1.43. The van der Waals surface area contributed by atoms with Gasteiger partial charge in [-0.05, 0) is 0 Å². The third-order valence-electron chi connectivity index (χ3n) is 2.27. The molecule has 1 aromatic carbocycles. The number of carbonyl (C=O) groups excluding carboxylic acids is 2. The molecule has 0 heterocycles. The predicted octanol–water partition coefficient (Wildman–Crippen LogP) is -0.181. The highest BCUT2D eigenvalue weighted by Crippen LogP contribution is 2.07. The van der Waals surface area contributed by atoms with Gasteiger partial charge < -0.3 is 15.5 Å². The molecule has 0 aromatic heterocycles. The van der Waals surface area contributed by atoms with Gasteiger partial charge in [-0.15, -0.1) is 0 Å². The van der Waals surface area contributed by atoms with Gasteiger partial charge in [-0.3, -0.25) is 9.59 Å². The summed E-state index contributed by atoms with van der Waals surface area (Å²) in [6.07, 6.45) is -1.98. The van der Waals surface area contributed by atoms with Gasteiger partial charge in [0.1, 0.15) is 6.04 Å². The summed E-state index contributed by atoms with van der Waals surface area (Å²) in [7, 11) is 0. The van der Waals surface area contributed by atoms with Gasteiger partial charge in [-0.1, -0.05) is 30.3 Å². The number of aliphatic hydroxyl groups is 1. The summed E-state index contributed by atoms with van der Waals surface area (Å²) in [5.74, 6) is -2.82. The van der Waals surface area contributed by atoms with Crippen LogP contribution in [0.25, 0.3) is 0 Å². The average molecular weight is 251 g/mol. The molecule has 0 saturated heterocycles. The van der Waals surface area contributed by atoms with Crippen LogP contribution in [0.2, 0.25) is 0 Å². The highest BCUT2D eigenvalue weighted by molar-refractivity contribution is 6.04. The minimum absolute atomic E-state index is 0.219. The Labute approximate surface area is 103 Å². The molecule has 0 aliphatic rings. The number of carbonyl (C=O) groups is 3. The van der Waals surface area contributed by atoms with Crippen molar-refractivity contribution in [1.82, 2.24) is 5.32 Å². The quantitative estimate of drug-likeness (QED) is 0.630. The zero-order valence-corrected chi connectivity index (χ0v) is 9.66. The molecule has 0 aliphatic carbocycles. The Hall–Kier alpha value is -2.21. The van der Waals surface area contributed by atoms with Crippen LogP contribution in [0.1, 0.15) is 17.3 Å². The van der Waals surface area contributed by atoms with E-state index in [1.165, 1.54) is 12.1 Å². The first-order valence-electron chi connectivity index (χ1n) is 5.20. The first-order valence-corrected chi connectivity index (χ1v) is 5.20. The number of carboxylic acids is 1. The van der Waals surface area contributed by atoms with Crippen LogP contribution >= 0.6 is 0 Å². The van der Waals surface area contributed by atoms with E-state index < -0.39 is 29.8 Å². The summed E-state index contributed by atoms with van der Waals surface area (Å²) in [5, 5.41) is 20.3. The predicted molar refractivity (Wildman–Crippen MR) is 62.0 cm³/mol. The standard InChI is InChI=1S/C12H13NO5/c1-7(14)13-9(11(16)12(17)18)10(15)8-5-3-2-4-6-8/h2-6,9,11,16H,1H3,(H,13,14)(H,17,18)/t9-,11+/m0/s1. The normalized spacial score (nSPS) is 13.4. The third-order valence-corrected chi connectivity index (χ3v) is 2.27. The van der Waals surface area contributed by atoms with E-state index in [4.69, 9.17) is 5.11 Å². The molecule has 2 atom stereocenters. The second kappa shape index (κ2) is 5.92. The molecule has 0 fully saturated rings. The number of rotatable bonds is 5. The third kappa shape index (κ3) is 3.39. The zero-order valence-electron chi connectivity index (χ0n) is 9.66. The van der Waals surface area contributed by atoms with E-state index in [1.807, 2.05) is 0 Å². The highest BCUT2D eigenvalue weighted by Gasteiger charge is 2.33. The topological polar surface area (TPSA) is 104 Å². The number of aliphatic carboxylic acids is 1. The summed E-state index contributed by atoms with van der Waals surface area (Å²) >= 11 is 0. The smallest absolute Gasteiger partial charge is 0.335 e. The van der Waals surface area contributed by atoms with Gasteiger partial charge in [0.05, 0.1) is 0 Å². The molecule has 1 rings (SSSR count). The molecule has 0 unspecified atom stereocenters. The molecule has 3 N–H and O–H groups in total. The van der Waals surface area contributed by atoms with Crippen molar-refractivity contribution in [1.29, 1.82) is 0 Å². The fraction of sp³-hybridized carbons (Fsp3) is 0.250. The van der Waals surface area contributed by atoms with Crippen LogP contribution in [-0.4, -0.2) is 40.0 Å². The van der Waals surface area contributed by atoms with Crippen LogP contribution in [-0.2, 0) is 9.59 Å². The lowest BCUT2D eigenvalue weighted by Crippen LogP contribution is -2.51. The molecule has 0 spiro atoms. The van der Waals surface area contributed by atoms with E-state index in [1.54, 1.807) is 18.2 Å². The maximum Gasteiger partial charge on any atom is 0.335 e. The van der Waals surface area contributed by atoms with Gasteiger partial charge in [0.25, 0.3) is 0 Å². The number of hydrogen-bond acceptors (Lipinski definition) is 4. The second-order valence-electron chi connectivity index (χ2n) is 3.69. The number of benzene rings is 1. The number of amides is 1. The molecule has 0 aliphatic heterocycles. The van der Waals surface area contributed by atoms with E-state index in [0.29, 0.717) is 0 Å². The molecular formula is C12H13NO5. The number of hydrogen-bond donors (Lipinski definition) is 3. The minimum atomic E-state index is -1.98. The van der Waals surface area contributed by atoms with Gasteiger partial charge in [0, 0.05) is 12.5 Å². The molecular weight excluding hydrogens is 238 g/mol. The van der Waals surface area contributed by atoms with Gasteiger partial charge in [0.2, 0.25) is 5.91 Å². The maximum absolute atomic E-state index is 12.0. The Balaban J connectivity index is 3.00. The van der Waals surface area contributed by atoms with Crippen molar-refractivity contribution in [2.75, 3.05) is 0 Å². The molecule has 6 nitrogen and oxygen atoms in total. The van der Waals surface area contributed by atoms with Crippen molar-refractivity contribution < 1.29 is 24.6 Å². The van der Waals surface area contributed by atoms with E-state index in [-0.39, 0.29) is 5.56 Å². The SMILES string of the molecule is CC(=O)N[C@@H](C(=O)c1ccccc1)[C@@H](O)C(=O)O. The summed E-state index contributed by atoms with van der Waals surface area (Å²) in [5.41, 5.74) is 0.219. The van der Waals surface area contributed by atoms with Gasteiger partial charge in [0.15, 0.2) is 11.9 Å². The molecule has 1 aromatic rings.